The van der Waals surface area contributed by atoms with E-state index in [0.29, 0.717) is 5.69 Å². The maximum atomic E-state index is 14.1. The van der Waals surface area contributed by atoms with E-state index in [0.717, 1.165) is 5.69 Å². The van der Waals surface area contributed by atoms with E-state index >= 15 is 0 Å². The van der Waals surface area contributed by atoms with Crippen LogP contribution < -0.4 is 16.0 Å². The van der Waals surface area contributed by atoms with E-state index in [1.54, 1.807) is 6.07 Å². The van der Waals surface area contributed by atoms with Crippen LogP contribution in [0.25, 0.3) is 0 Å². The Morgan fingerprint density at radius 2 is 1.71 bits per heavy atom. The van der Waals surface area contributed by atoms with Gasteiger partial charge in [-0.05, 0) is 24.3 Å². The molecule has 0 heterocycles. The molecule has 0 unspecified atom stereocenters. The zero-order chi connectivity index (χ0) is 15.6. The first-order valence-electron chi connectivity index (χ1n) is 6.23. The van der Waals surface area contributed by atoms with E-state index in [-0.39, 0.29) is 16.2 Å². The van der Waals surface area contributed by atoms with Crippen molar-refractivity contribution in [2.45, 2.75) is 0 Å². The molecule has 6 heteroatoms. The molecular weight excluding hydrogens is 292 g/mol. The summed E-state index contributed by atoms with van der Waals surface area (Å²) < 4.78 is 28.0. The van der Waals surface area contributed by atoms with Gasteiger partial charge in [-0.25, -0.2) is 8.78 Å². The van der Waals surface area contributed by atoms with E-state index in [1.807, 2.05) is 37.2 Å². The highest BCUT2D eigenvalue weighted by Gasteiger charge is 2.16. The average molecular weight is 307 g/mol. The van der Waals surface area contributed by atoms with E-state index in [1.165, 1.54) is 12.1 Å². The SMILES string of the molecule is CN(C)c1ccccc1Nc1ccc(C(N)=S)c(F)c1F. The van der Waals surface area contributed by atoms with Gasteiger partial charge in [-0.3, -0.25) is 0 Å². The molecule has 2 rings (SSSR count). The lowest BCUT2D eigenvalue weighted by atomic mass is 10.1. The van der Waals surface area contributed by atoms with Crippen molar-refractivity contribution in [2.75, 3.05) is 24.3 Å². The van der Waals surface area contributed by atoms with Crippen molar-refractivity contribution >= 4 is 34.3 Å². The Morgan fingerprint density at radius 3 is 2.33 bits per heavy atom. The zero-order valence-corrected chi connectivity index (χ0v) is 12.5. The molecule has 0 aliphatic heterocycles. The second kappa shape index (κ2) is 6.05. The number of para-hydroxylation sites is 2. The van der Waals surface area contributed by atoms with Crippen molar-refractivity contribution in [1.29, 1.82) is 0 Å². The van der Waals surface area contributed by atoms with Crippen molar-refractivity contribution in [3.05, 3.63) is 53.6 Å². The van der Waals surface area contributed by atoms with Crippen LogP contribution in [0.4, 0.5) is 25.8 Å². The number of hydrogen-bond donors (Lipinski definition) is 2. The fourth-order valence-corrected chi connectivity index (χ4v) is 2.11. The third-order valence-electron chi connectivity index (χ3n) is 3.00. The summed E-state index contributed by atoms with van der Waals surface area (Å²) in [5.74, 6) is -2.05. The summed E-state index contributed by atoms with van der Waals surface area (Å²) in [6, 6.07) is 10.1. The Morgan fingerprint density at radius 1 is 1.05 bits per heavy atom. The van der Waals surface area contributed by atoms with Gasteiger partial charge in [0.15, 0.2) is 11.6 Å². The maximum absolute atomic E-state index is 14.1. The smallest absolute Gasteiger partial charge is 0.182 e. The molecule has 3 N–H and O–H groups in total. The van der Waals surface area contributed by atoms with Gasteiger partial charge in [0.05, 0.1) is 17.1 Å². The van der Waals surface area contributed by atoms with Gasteiger partial charge < -0.3 is 16.0 Å². The lowest BCUT2D eigenvalue weighted by molar-refractivity contribution is 0.510. The molecule has 2 aromatic carbocycles. The molecular formula is C15H15F2N3S. The van der Waals surface area contributed by atoms with Crippen molar-refractivity contribution in [2.24, 2.45) is 5.73 Å². The van der Waals surface area contributed by atoms with Crippen molar-refractivity contribution in [3.63, 3.8) is 0 Å². The van der Waals surface area contributed by atoms with Gasteiger partial charge in [-0.2, -0.15) is 0 Å². The molecule has 0 spiro atoms. The van der Waals surface area contributed by atoms with Gasteiger partial charge in [0, 0.05) is 19.7 Å². The van der Waals surface area contributed by atoms with Crippen LogP contribution in [0, 0.1) is 11.6 Å². The number of hydrogen-bond acceptors (Lipinski definition) is 3. The molecule has 2 aromatic rings. The van der Waals surface area contributed by atoms with Crippen LogP contribution in [0.3, 0.4) is 0 Å². The average Bonchev–Trinajstić information content (AvgIpc) is 2.44. The number of anilines is 3. The summed E-state index contributed by atoms with van der Waals surface area (Å²) in [5, 5.41) is 2.89. The number of benzene rings is 2. The van der Waals surface area contributed by atoms with Crippen molar-refractivity contribution in [1.82, 2.24) is 0 Å². The van der Waals surface area contributed by atoms with Crippen LogP contribution in [-0.4, -0.2) is 19.1 Å². The fraction of sp³-hybridized carbons (Fsp3) is 0.133. The molecule has 0 atom stereocenters. The second-order valence-corrected chi connectivity index (χ2v) is 5.13. The second-order valence-electron chi connectivity index (χ2n) is 4.69. The highest BCUT2D eigenvalue weighted by molar-refractivity contribution is 7.80. The quantitative estimate of drug-likeness (QED) is 0.849. The predicted octanol–water partition coefficient (Wildman–Crippen LogP) is 3.41. The fourth-order valence-electron chi connectivity index (χ4n) is 1.95. The predicted molar refractivity (Wildman–Crippen MR) is 86.3 cm³/mol. The molecule has 3 nitrogen and oxygen atoms in total. The first-order chi connectivity index (χ1) is 9.91. The van der Waals surface area contributed by atoms with Gasteiger partial charge in [-0.1, -0.05) is 24.4 Å². The van der Waals surface area contributed by atoms with Crippen LogP contribution in [0.5, 0.6) is 0 Å². The van der Waals surface area contributed by atoms with Crippen LogP contribution in [0.2, 0.25) is 0 Å². The van der Waals surface area contributed by atoms with Crippen molar-refractivity contribution < 1.29 is 8.78 Å². The summed E-state index contributed by atoms with van der Waals surface area (Å²) in [6.07, 6.45) is 0. The topological polar surface area (TPSA) is 41.3 Å². The summed E-state index contributed by atoms with van der Waals surface area (Å²) in [6.45, 7) is 0. The highest BCUT2D eigenvalue weighted by atomic mass is 32.1. The lowest BCUT2D eigenvalue weighted by Crippen LogP contribution is -2.14. The van der Waals surface area contributed by atoms with Gasteiger partial charge in [0.2, 0.25) is 0 Å². The van der Waals surface area contributed by atoms with E-state index in [4.69, 9.17) is 5.73 Å². The third kappa shape index (κ3) is 3.11. The highest BCUT2D eigenvalue weighted by Crippen LogP contribution is 2.29. The summed E-state index contributed by atoms with van der Waals surface area (Å²) >= 11 is 4.68. The lowest BCUT2D eigenvalue weighted by Gasteiger charge is -2.19. The Balaban J connectivity index is 2.42. The number of nitrogens with zero attached hydrogens (tertiary/aromatic N) is 1. The van der Waals surface area contributed by atoms with Gasteiger partial charge in [0.1, 0.15) is 4.99 Å². The number of halogens is 2. The number of nitrogens with one attached hydrogen (secondary N) is 1. The molecule has 110 valence electrons. The molecule has 0 fully saturated rings. The number of nitrogens with two attached hydrogens (primary N) is 1. The van der Waals surface area contributed by atoms with Gasteiger partial charge in [0.25, 0.3) is 0 Å². The van der Waals surface area contributed by atoms with Crippen LogP contribution in [-0.2, 0) is 0 Å². The first kappa shape index (κ1) is 15.2. The zero-order valence-electron chi connectivity index (χ0n) is 11.7. The Bertz CT molecular complexity index is 687. The van der Waals surface area contributed by atoms with E-state index in [2.05, 4.69) is 17.5 Å². The molecule has 0 aliphatic carbocycles. The van der Waals surface area contributed by atoms with Crippen LogP contribution >= 0.6 is 12.2 Å². The Labute approximate surface area is 127 Å². The molecule has 21 heavy (non-hydrogen) atoms. The Hall–Kier alpha value is -2.21. The number of rotatable bonds is 4. The van der Waals surface area contributed by atoms with Gasteiger partial charge in [-0.15, -0.1) is 0 Å². The molecule has 0 radical (unpaired) electrons. The number of thiocarbonyl (C=S) groups is 1. The summed E-state index contributed by atoms with van der Waals surface area (Å²) in [4.78, 5) is 1.70. The third-order valence-corrected chi connectivity index (χ3v) is 3.22. The molecule has 0 aliphatic rings. The van der Waals surface area contributed by atoms with Crippen LogP contribution in [0.15, 0.2) is 36.4 Å². The van der Waals surface area contributed by atoms with Gasteiger partial charge >= 0.3 is 0 Å². The normalized spacial score (nSPS) is 10.3. The summed E-state index contributed by atoms with van der Waals surface area (Å²) in [5.41, 5.74) is 6.80. The van der Waals surface area contributed by atoms with E-state index in [9.17, 15) is 8.78 Å². The Kier molecular flexibility index (Phi) is 4.37. The first-order valence-corrected chi connectivity index (χ1v) is 6.64. The molecule has 0 saturated heterocycles. The van der Waals surface area contributed by atoms with Crippen LogP contribution in [0.1, 0.15) is 5.56 Å². The van der Waals surface area contributed by atoms with E-state index < -0.39 is 11.6 Å². The minimum Gasteiger partial charge on any atom is -0.389 e. The largest absolute Gasteiger partial charge is 0.389 e. The standard InChI is InChI=1S/C15H15F2N3S/c1-20(2)12-6-4-3-5-10(12)19-11-8-7-9(15(18)21)13(16)14(11)17/h3-8,19H,1-2H3,(H2,18,21). The monoisotopic (exact) mass is 307 g/mol. The molecule has 0 saturated carbocycles. The molecule has 0 bridgehead atoms. The summed E-state index contributed by atoms with van der Waals surface area (Å²) in [7, 11) is 3.74. The van der Waals surface area contributed by atoms with Crippen molar-refractivity contribution in [3.8, 4) is 0 Å². The maximum Gasteiger partial charge on any atom is 0.182 e. The molecule has 0 aromatic heterocycles. The minimum absolute atomic E-state index is 0.0294. The molecule has 0 amide bonds. The minimum atomic E-state index is -1.05.